The maximum atomic E-state index is 13.2. The Kier molecular flexibility index (Phi) is 26.3. The molecule has 0 aromatic heterocycles. The molecule has 1 atom stereocenters. The van der Waals surface area contributed by atoms with Crippen molar-refractivity contribution in [3.63, 3.8) is 0 Å². The molecule has 3 aliphatic rings. The van der Waals surface area contributed by atoms with Crippen LogP contribution in [0.5, 0.6) is 0 Å². The lowest BCUT2D eigenvalue weighted by atomic mass is 9.71. The van der Waals surface area contributed by atoms with E-state index in [2.05, 4.69) is 6.58 Å². The molecule has 2 N–H and O–H groups in total. The van der Waals surface area contributed by atoms with Gasteiger partial charge in [0.1, 0.15) is 6.61 Å². The van der Waals surface area contributed by atoms with Crippen molar-refractivity contribution in [2.75, 3.05) is 20.3 Å². The van der Waals surface area contributed by atoms with Gasteiger partial charge in [0.15, 0.2) is 6.29 Å². The van der Waals surface area contributed by atoms with Crippen LogP contribution in [-0.4, -0.2) is 54.7 Å². The predicted molar refractivity (Wildman–Crippen MR) is 218 cm³/mol. The molecule has 0 aromatic rings. The van der Waals surface area contributed by atoms with Gasteiger partial charge in [-0.1, -0.05) is 153 Å². The molecule has 0 bridgehead atoms. The number of rotatable bonds is 13. The van der Waals surface area contributed by atoms with Gasteiger partial charge in [0.25, 0.3) is 0 Å². The Balaban J connectivity index is 0.000000451. The highest BCUT2D eigenvalue weighted by Crippen LogP contribution is 2.42. The van der Waals surface area contributed by atoms with Crippen molar-refractivity contribution in [3.8, 4) is 0 Å². The van der Waals surface area contributed by atoms with Crippen LogP contribution in [-0.2, 0) is 28.6 Å². The molecule has 0 heterocycles. The van der Waals surface area contributed by atoms with Gasteiger partial charge < -0.3 is 24.4 Å². The van der Waals surface area contributed by atoms with Crippen molar-refractivity contribution in [1.82, 2.24) is 0 Å². The number of aliphatic carboxylic acids is 2. The first-order chi connectivity index (χ1) is 26.2. The maximum absolute atomic E-state index is 13.2. The number of allylic oxidation sites excluding steroid dienone is 2. The fraction of sp³-hybridized carbons (Fsp3) is 0.804. The Morgan fingerprint density at radius 3 is 1.33 bits per heavy atom. The summed E-state index contributed by atoms with van der Waals surface area (Å²) in [4.78, 5) is 35.3. The van der Waals surface area contributed by atoms with Crippen molar-refractivity contribution in [3.05, 3.63) is 34.9 Å². The zero-order chi connectivity index (χ0) is 39.4. The van der Waals surface area contributed by atoms with E-state index in [0.717, 1.165) is 18.4 Å². The van der Waals surface area contributed by atoms with E-state index in [1.165, 1.54) is 186 Å². The molecule has 0 aliphatic heterocycles. The molecule has 3 saturated carbocycles. The molecule has 8 heteroatoms. The van der Waals surface area contributed by atoms with E-state index in [4.69, 9.17) is 19.3 Å². The van der Waals surface area contributed by atoms with Crippen LogP contribution in [0.15, 0.2) is 34.9 Å². The number of carbonyl (C=O) groups excluding carboxylic acids is 1. The fourth-order valence-electron chi connectivity index (χ4n) is 8.71. The van der Waals surface area contributed by atoms with E-state index in [-0.39, 0.29) is 24.2 Å². The van der Waals surface area contributed by atoms with E-state index in [9.17, 15) is 19.5 Å². The number of carbonyl (C=O) groups is 3. The first-order valence-corrected chi connectivity index (χ1v) is 22.1. The molecule has 1 unspecified atom stereocenters. The second-order valence-electron chi connectivity index (χ2n) is 16.1. The number of carboxylic acids is 2. The van der Waals surface area contributed by atoms with Gasteiger partial charge in [-0.05, 0) is 76.5 Å². The summed E-state index contributed by atoms with van der Waals surface area (Å²) in [6, 6.07) is 0. The molecule has 3 aliphatic carbocycles. The largest absolute Gasteiger partial charge is 0.478 e. The third-order valence-corrected chi connectivity index (χ3v) is 11.9. The van der Waals surface area contributed by atoms with Crippen LogP contribution >= 0.6 is 0 Å². The van der Waals surface area contributed by atoms with E-state index in [1.807, 2.05) is 0 Å². The highest BCUT2D eigenvalue weighted by Gasteiger charge is 2.32. The summed E-state index contributed by atoms with van der Waals surface area (Å²) in [6.45, 7) is 7.19. The molecule has 8 nitrogen and oxygen atoms in total. The Bertz CT molecular complexity index is 1080. The zero-order valence-electron chi connectivity index (χ0n) is 34.7. The number of methoxy groups -OCH3 is 1. The normalized spacial score (nSPS) is 20.6. The third-order valence-electron chi connectivity index (χ3n) is 11.9. The zero-order valence-corrected chi connectivity index (χ0v) is 34.7. The summed E-state index contributed by atoms with van der Waals surface area (Å²) in [6.07, 6.45) is 36.2. The van der Waals surface area contributed by atoms with Gasteiger partial charge in [-0.2, -0.15) is 0 Å². The SMILES string of the molecule is C=C(CC=C(C)C(=O)O)C(=O)OCC(OC)OCC.O=C(O)C(=C(C1CCCCCCCCC1)C1CCCCCCCCC1)C1CCCCCCCCC1. The number of hydrogen-bond donors (Lipinski definition) is 2. The second-order valence-corrected chi connectivity index (χ2v) is 16.1. The molecular weight excluding hydrogens is 680 g/mol. The molecule has 0 radical (unpaired) electrons. The minimum atomic E-state index is -1.03. The minimum Gasteiger partial charge on any atom is -0.478 e. The van der Waals surface area contributed by atoms with E-state index >= 15 is 0 Å². The molecular formula is C46H78O8. The lowest BCUT2D eigenvalue weighted by Crippen LogP contribution is -2.25. The van der Waals surface area contributed by atoms with E-state index < -0.39 is 24.2 Å². The summed E-state index contributed by atoms with van der Waals surface area (Å²) in [7, 11) is 1.45. The molecule has 0 aromatic carbocycles. The Labute approximate surface area is 328 Å². The van der Waals surface area contributed by atoms with Crippen LogP contribution in [0.25, 0.3) is 0 Å². The monoisotopic (exact) mass is 759 g/mol. The molecule has 3 fully saturated rings. The van der Waals surface area contributed by atoms with Gasteiger partial charge in [0.2, 0.25) is 0 Å². The number of hydrogen-bond acceptors (Lipinski definition) is 6. The van der Waals surface area contributed by atoms with Crippen LogP contribution in [0.1, 0.15) is 194 Å². The summed E-state index contributed by atoms with van der Waals surface area (Å²) in [5.74, 6) is -0.819. The molecule has 0 saturated heterocycles. The van der Waals surface area contributed by atoms with Gasteiger partial charge in [-0.3, -0.25) is 0 Å². The lowest BCUT2D eigenvalue weighted by molar-refractivity contribution is -0.169. The Hall–Kier alpha value is -2.45. The smallest absolute Gasteiger partial charge is 0.333 e. The van der Waals surface area contributed by atoms with Crippen molar-refractivity contribution in [2.45, 2.75) is 200 Å². The standard InChI is InChI=1S/C33H58O2.C13H20O6/c34-33(35)32(30-26-20-14-8-3-9-15-21-27-30)31(28-22-16-10-4-1-5-11-17-23-28)29-24-18-12-6-2-7-13-19-25-29;1-5-18-11(17-4)8-19-13(16)10(3)7-6-9(2)12(14)15/h28-30H,1-27H2,(H,34,35);6,11H,3,5,7-8H2,1-2,4H3,(H,14,15). The first kappa shape index (κ1) is 47.7. The van der Waals surface area contributed by atoms with E-state index in [0.29, 0.717) is 24.4 Å². The molecule has 310 valence electrons. The van der Waals surface area contributed by atoms with E-state index in [1.54, 1.807) is 6.92 Å². The number of esters is 1. The van der Waals surface area contributed by atoms with Gasteiger partial charge in [0.05, 0.1) is 0 Å². The van der Waals surface area contributed by atoms with Crippen LogP contribution in [0.4, 0.5) is 0 Å². The molecule has 0 amide bonds. The predicted octanol–water partition coefficient (Wildman–Crippen LogP) is 12.3. The lowest BCUT2D eigenvalue weighted by Gasteiger charge is -2.34. The summed E-state index contributed by atoms with van der Waals surface area (Å²) >= 11 is 0. The third kappa shape index (κ3) is 19.9. The first-order valence-electron chi connectivity index (χ1n) is 22.1. The van der Waals surface area contributed by atoms with Crippen LogP contribution in [0, 0.1) is 17.8 Å². The van der Waals surface area contributed by atoms with Gasteiger partial charge in [-0.15, -0.1) is 0 Å². The van der Waals surface area contributed by atoms with Gasteiger partial charge >= 0.3 is 17.9 Å². The van der Waals surface area contributed by atoms with Crippen LogP contribution in [0.2, 0.25) is 0 Å². The Morgan fingerprint density at radius 1 is 0.630 bits per heavy atom. The van der Waals surface area contributed by atoms with Crippen molar-refractivity contribution < 1.29 is 38.8 Å². The average molecular weight is 759 g/mol. The average Bonchev–Trinajstić information content (AvgIpc) is 3.17. The highest BCUT2D eigenvalue weighted by molar-refractivity contribution is 5.89. The van der Waals surface area contributed by atoms with Crippen LogP contribution in [0.3, 0.4) is 0 Å². The van der Waals surface area contributed by atoms with Gasteiger partial charge in [0, 0.05) is 30.4 Å². The molecule has 54 heavy (non-hydrogen) atoms. The van der Waals surface area contributed by atoms with Crippen LogP contribution < -0.4 is 0 Å². The highest BCUT2D eigenvalue weighted by atomic mass is 16.7. The summed E-state index contributed by atoms with van der Waals surface area (Å²) < 4.78 is 15.0. The van der Waals surface area contributed by atoms with Crippen molar-refractivity contribution in [1.29, 1.82) is 0 Å². The van der Waals surface area contributed by atoms with Crippen molar-refractivity contribution >= 4 is 17.9 Å². The fourth-order valence-corrected chi connectivity index (χ4v) is 8.71. The molecule has 0 spiro atoms. The maximum Gasteiger partial charge on any atom is 0.333 e. The summed E-state index contributed by atoms with van der Waals surface area (Å²) in [5, 5.41) is 19.5. The molecule has 3 rings (SSSR count). The Morgan fingerprint density at radius 2 is 1.00 bits per heavy atom. The number of carboxylic acid groups (broad SMARTS) is 2. The summed E-state index contributed by atoms with van der Waals surface area (Å²) in [5.41, 5.74) is 2.75. The topological polar surface area (TPSA) is 119 Å². The minimum absolute atomic E-state index is 0.0379. The van der Waals surface area contributed by atoms with Gasteiger partial charge in [-0.25, -0.2) is 14.4 Å². The second kappa shape index (κ2) is 29.8. The van der Waals surface area contributed by atoms with Crippen molar-refractivity contribution in [2.24, 2.45) is 17.8 Å². The quantitative estimate of drug-likeness (QED) is 0.108. The number of ether oxygens (including phenoxy) is 3.